The van der Waals surface area contributed by atoms with Gasteiger partial charge in [-0.15, -0.1) is 0 Å². The maximum absolute atomic E-state index is 13.0. The molecule has 11 heteroatoms. The number of benzene rings is 3. The van der Waals surface area contributed by atoms with Crippen LogP contribution in [0.2, 0.25) is 0 Å². The smallest absolute Gasteiger partial charge is 0.748 e. The number of fused-ring (bicyclic) bond motifs is 2. The second-order valence-corrected chi connectivity index (χ2v) is 12.9. The SMILES string of the molecule is NC(N)=NC1Oc2ccc(cc2)CCC(S(=O)(=O)[O-])C2C=C3CC(CCOC3c3ccc(O)cc3)C2c2ccc1cc2.[Na+]. The molecule has 5 N–H and O–H groups in total. The van der Waals surface area contributed by atoms with Gasteiger partial charge in [0.25, 0.3) is 0 Å². The summed E-state index contributed by atoms with van der Waals surface area (Å²) in [6.07, 6.45) is 2.86. The summed E-state index contributed by atoms with van der Waals surface area (Å²) in [4.78, 5) is 4.29. The van der Waals surface area contributed by atoms with Gasteiger partial charge >= 0.3 is 29.6 Å². The molecular formula is C32H34N3NaO6S. The van der Waals surface area contributed by atoms with Crippen LogP contribution in [0.25, 0.3) is 0 Å². The fourth-order valence-corrected chi connectivity index (χ4v) is 7.80. The monoisotopic (exact) mass is 611 g/mol. The number of hydrogen-bond donors (Lipinski definition) is 3. The van der Waals surface area contributed by atoms with Gasteiger partial charge in [0, 0.05) is 12.2 Å². The molecule has 1 fully saturated rings. The summed E-state index contributed by atoms with van der Waals surface area (Å²) < 4.78 is 51.4. The fraction of sp³-hybridized carbons (Fsp3) is 0.344. The Labute approximate surface area is 274 Å². The van der Waals surface area contributed by atoms with Crippen LogP contribution in [-0.4, -0.2) is 35.9 Å². The van der Waals surface area contributed by atoms with Crippen LogP contribution in [0.3, 0.4) is 0 Å². The molecule has 6 unspecified atom stereocenters. The van der Waals surface area contributed by atoms with Crippen LogP contribution in [0.4, 0.5) is 0 Å². The minimum atomic E-state index is -4.67. The van der Waals surface area contributed by atoms with Gasteiger partial charge in [-0.2, -0.15) is 0 Å². The van der Waals surface area contributed by atoms with Crippen molar-refractivity contribution in [3.8, 4) is 11.5 Å². The van der Waals surface area contributed by atoms with Crippen molar-refractivity contribution in [2.75, 3.05) is 6.61 Å². The summed E-state index contributed by atoms with van der Waals surface area (Å²) in [7, 11) is -4.67. The first-order chi connectivity index (χ1) is 20.2. The predicted molar refractivity (Wildman–Crippen MR) is 158 cm³/mol. The number of nitrogens with zero attached hydrogens (tertiary/aromatic N) is 1. The molecule has 9 nitrogen and oxygen atoms in total. The first kappa shape index (κ1) is 31.6. The first-order valence-corrected chi connectivity index (χ1v) is 15.6. The van der Waals surface area contributed by atoms with Crippen LogP contribution in [0.15, 0.2) is 89.4 Å². The van der Waals surface area contributed by atoms with Crippen molar-refractivity contribution in [3.63, 3.8) is 0 Å². The number of guanidine groups is 1. The van der Waals surface area contributed by atoms with Gasteiger partial charge in [-0.3, -0.25) is 0 Å². The fourth-order valence-electron chi connectivity index (χ4n) is 6.76. The van der Waals surface area contributed by atoms with Crippen molar-refractivity contribution in [3.05, 3.63) is 107 Å². The topological polar surface area (TPSA) is 160 Å². The van der Waals surface area contributed by atoms with E-state index in [2.05, 4.69) is 4.99 Å². The standard InChI is InChI=1S/C32H35N3O6S.Na/c33-32(34)35-31-22-6-4-20(5-7-22)29-23-15-16-40-30(21-8-10-25(36)11-9-21)24(17-23)18-27(29)28(42(37,38)39)14-3-19-1-12-26(41-31)13-2-19;/h1-2,4-13,18,23,27-31,36H,3,14-17H2,(H4,33,34,35)(H,37,38,39);/q;+1/p-1. The van der Waals surface area contributed by atoms with E-state index < -0.39 is 27.5 Å². The molecular weight excluding hydrogens is 577 g/mol. The van der Waals surface area contributed by atoms with Gasteiger partial charge < -0.3 is 30.6 Å². The predicted octanol–water partition coefficient (Wildman–Crippen LogP) is 1.41. The number of rotatable bonds is 3. The minimum absolute atomic E-state index is 0. The third kappa shape index (κ3) is 6.95. The summed E-state index contributed by atoms with van der Waals surface area (Å²) in [5, 5.41) is 8.69. The summed E-state index contributed by atoms with van der Waals surface area (Å²) in [5.41, 5.74) is 15.9. The van der Waals surface area contributed by atoms with Crippen LogP contribution >= 0.6 is 0 Å². The van der Waals surface area contributed by atoms with Crippen molar-refractivity contribution in [2.24, 2.45) is 28.3 Å². The number of hydrogen-bond acceptors (Lipinski definition) is 7. The Kier molecular flexibility index (Phi) is 9.55. The third-order valence-electron chi connectivity index (χ3n) is 8.69. The van der Waals surface area contributed by atoms with Gasteiger partial charge in [0.05, 0.1) is 15.4 Å². The molecule has 0 spiro atoms. The number of aliphatic imine (C=N–C) groups is 1. The number of phenolic OH excluding ortho intramolecular Hbond substituents is 1. The second-order valence-electron chi connectivity index (χ2n) is 11.3. The number of aromatic hydroxyl groups is 1. The van der Waals surface area contributed by atoms with E-state index in [1.54, 1.807) is 24.3 Å². The van der Waals surface area contributed by atoms with E-state index in [0.29, 0.717) is 31.6 Å². The van der Waals surface area contributed by atoms with Gasteiger partial charge in [-0.05, 0) is 90.0 Å². The van der Waals surface area contributed by atoms with Gasteiger partial charge in [0.1, 0.15) is 17.6 Å². The van der Waals surface area contributed by atoms with Gasteiger partial charge in [0.15, 0.2) is 5.96 Å². The number of aryl methyl sites for hydroxylation is 1. The van der Waals surface area contributed by atoms with E-state index in [1.807, 2.05) is 54.6 Å². The van der Waals surface area contributed by atoms with Crippen molar-refractivity contribution < 1.29 is 57.1 Å². The van der Waals surface area contributed by atoms with Crippen molar-refractivity contribution in [1.29, 1.82) is 0 Å². The quantitative estimate of drug-likeness (QED) is 0.132. The summed E-state index contributed by atoms with van der Waals surface area (Å²) in [6, 6.07) is 21.9. The minimum Gasteiger partial charge on any atom is -0.748 e. The van der Waals surface area contributed by atoms with Gasteiger partial charge in [-0.1, -0.05) is 54.6 Å². The maximum atomic E-state index is 13.0. The molecule has 9 rings (SSSR count). The summed E-state index contributed by atoms with van der Waals surface area (Å²) in [6.45, 7) is 0.482. The number of nitrogens with two attached hydrogens (primary N) is 2. The average Bonchev–Trinajstić information content (AvgIpc) is 3.12. The van der Waals surface area contributed by atoms with Crippen molar-refractivity contribution in [2.45, 2.75) is 49.2 Å². The number of phenols is 1. The van der Waals surface area contributed by atoms with E-state index >= 15 is 0 Å². The van der Waals surface area contributed by atoms with Crippen LogP contribution in [0, 0.1) is 11.8 Å². The molecule has 220 valence electrons. The number of ether oxygens (including phenoxy) is 2. The summed E-state index contributed by atoms with van der Waals surface area (Å²) in [5.74, 6) is -0.0912. The van der Waals surface area contributed by atoms with Crippen molar-refractivity contribution >= 4 is 16.1 Å². The van der Waals surface area contributed by atoms with E-state index in [-0.39, 0.29) is 65.6 Å². The zero-order valence-corrected chi connectivity index (χ0v) is 26.8. The second kappa shape index (κ2) is 13.0. The van der Waals surface area contributed by atoms with Crippen LogP contribution < -0.4 is 45.8 Å². The van der Waals surface area contributed by atoms with E-state index in [9.17, 15) is 18.1 Å². The molecule has 0 aromatic heterocycles. The molecule has 5 aliphatic heterocycles. The van der Waals surface area contributed by atoms with Crippen LogP contribution in [0.5, 0.6) is 11.5 Å². The van der Waals surface area contributed by atoms with E-state index in [1.165, 1.54) is 0 Å². The Morgan fingerprint density at radius 3 is 2.21 bits per heavy atom. The first-order valence-electron chi connectivity index (χ1n) is 14.2. The summed E-state index contributed by atoms with van der Waals surface area (Å²) >= 11 is 0. The van der Waals surface area contributed by atoms with Crippen LogP contribution in [-0.2, 0) is 21.3 Å². The zero-order valence-electron chi connectivity index (χ0n) is 24.0. The molecule has 1 aliphatic carbocycles. The molecule has 6 atom stereocenters. The molecule has 0 radical (unpaired) electrons. The molecule has 3 aromatic rings. The van der Waals surface area contributed by atoms with Crippen molar-refractivity contribution in [1.82, 2.24) is 0 Å². The molecule has 6 aliphatic rings. The van der Waals surface area contributed by atoms with E-state index in [4.69, 9.17) is 20.9 Å². The molecule has 1 saturated heterocycles. The van der Waals surface area contributed by atoms with E-state index in [0.717, 1.165) is 27.8 Å². The Hall–Kier alpha value is -2.86. The zero-order chi connectivity index (χ0) is 29.4. The van der Waals surface area contributed by atoms with Gasteiger partial charge in [-0.25, -0.2) is 13.4 Å². The van der Waals surface area contributed by atoms with Gasteiger partial charge in [0.2, 0.25) is 6.23 Å². The number of allylic oxidation sites excluding steroid dienone is 1. The van der Waals surface area contributed by atoms with Crippen LogP contribution in [0.1, 0.15) is 59.8 Å². The molecule has 5 heterocycles. The molecule has 0 amide bonds. The molecule has 43 heavy (non-hydrogen) atoms. The molecule has 6 bridgehead atoms. The Morgan fingerprint density at radius 2 is 1.56 bits per heavy atom. The Morgan fingerprint density at radius 1 is 0.907 bits per heavy atom. The average molecular weight is 612 g/mol. The normalized spacial score (nSPS) is 26.8. The Balaban J connectivity index is 0.00000368. The Bertz CT molecular complexity index is 1590. The molecule has 0 saturated carbocycles. The maximum Gasteiger partial charge on any atom is 1.00 e. The largest absolute Gasteiger partial charge is 1.00 e. The molecule has 3 aromatic carbocycles. The third-order valence-corrected chi connectivity index (χ3v) is 9.99.